The zero-order valence-electron chi connectivity index (χ0n) is 18.0. The molecule has 1 aliphatic heterocycles. The van der Waals surface area contributed by atoms with Crippen LogP contribution in [0, 0.1) is 5.41 Å². The van der Waals surface area contributed by atoms with Gasteiger partial charge in [-0.25, -0.2) is 4.98 Å². The van der Waals surface area contributed by atoms with E-state index in [0.717, 1.165) is 11.3 Å². The van der Waals surface area contributed by atoms with E-state index in [-0.39, 0.29) is 28.3 Å². The molecule has 31 heavy (non-hydrogen) atoms. The van der Waals surface area contributed by atoms with Gasteiger partial charge in [0, 0.05) is 23.6 Å². The minimum absolute atomic E-state index is 0.00259. The lowest BCUT2D eigenvalue weighted by Crippen LogP contribution is -2.37. The van der Waals surface area contributed by atoms with Gasteiger partial charge in [-0.05, 0) is 36.5 Å². The summed E-state index contributed by atoms with van der Waals surface area (Å²) in [6.45, 7) is 5.62. The maximum absolute atomic E-state index is 13.2. The van der Waals surface area contributed by atoms with E-state index in [9.17, 15) is 14.4 Å². The third-order valence-corrected chi connectivity index (χ3v) is 6.56. The first-order valence-corrected chi connectivity index (χ1v) is 11.1. The number of nitrogens with zero attached hydrogens (tertiary/aromatic N) is 1. The molecule has 2 aromatic rings. The highest BCUT2D eigenvalue weighted by Crippen LogP contribution is 2.48. The molecule has 1 aromatic heterocycles. The number of thioether (sulfide) groups is 1. The number of hydrogen-bond donors (Lipinski definition) is 2. The quantitative estimate of drug-likeness (QED) is 0.541. The fraction of sp³-hybridized carbons (Fsp3) is 0.391. The third kappa shape index (κ3) is 4.17. The average Bonchev–Trinajstić information content (AvgIpc) is 2.69. The molecule has 7 nitrogen and oxygen atoms in total. The average molecular weight is 440 g/mol. The molecule has 2 heterocycles. The second-order valence-electron chi connectivity index (χ2n) is 8.79. The fourth-order valence-corrected chi connectivity index (χ4v) is 4.95. The van der Waals surface area contributed by atoms with Crippen molar-refractivity contribution >= 4 is 29.1 Å². The minimum Gasteiger partial charge on any atom is -0.497 e. The molecule has 0 amide bonds. The molecule has 4 rings (SSSR count). The number of ether oxygens (including phenoxy) is 1. The summed E-state index contributed by atoms with van der Waals surface area (Å²) in [6, 6.07) is 7.44. The molecule has 162 valence electrons. The van der Waals surface area contributed by atoms with Crippen molar-refractivity contribution in [2.24, 2.45) is 5.41 Å². The first-order chi connectivity index (χ1) is 14.7. The Hall–Kier alpha value is -2.87. The molecule has 0 saturated carbocycles. The van der Waals surface area contributed by atoms with E-state index in [0.29, 0.717) is 40.7 Å². The van der Waals surface area contributed by atoms with Crippen LogP contribution in [0.5, 0.6) is 5.75 Å². The highest BCUT2D eigenvalue weighted by Gasteiger charge is 2.42. The van der Waals surface area contributed by atoms with Crippen molar-refractivity contribution in [1.82, 2.24) is 9.97 Å². The maximum Gasteiger partial charge on any atom is 0.257 e. The summed E-state index contributed by atoms with van der Waals surface area (Å²) < 4.78 is 5.38. The van der Waals surface area contributed by atoms with E-state index in [2.05, 4.69) is 29.1 Å². The lowest BCUT2D eigenvalue weighted by Gasteiger charge is -2.38. The highest BCUT2D eigenvalue weighted by atomic mass is 32.2. The smallest absolute Gasteiger partial charge is 0.257 e. The summed E-state index contributed by atoms with van der Waals surface area (Å²) in [6.07, 6.45) is 1.10. The van der Waals surface area contributed by atoms with Crippen molar-refractivity contribution in [2.45, 2.75) is 44.7 Å². The van der Waals surface area contributed by atoms with Crippen molar-refractivity contribution in [3.05, 3.63) is 57.0 Å². The number of carbonyl (C=O) groups excluding carboxylic acids is 2. The van der Waals surface area contributed by atoms with Crippen LogP contribution in [0.3, 0.4) is 0 Å². The van der Waals surface area contributed by atoms with E-state index in [1.54, 1.807) is 7.11 Å². The van der Waals surface area contributed by atoms with Gasteiger partial charge in [-0.3, -0.25) is 14.4 Å². The van der Waals surface area contributed by atoms with Gasteiger partial charge < -0.3 is 15.0 Å². The zero-order valence-corrected chi connectivity index (χ0v) is 18.8. The van der Waals surface area contributed by atoms with Gasteiger partial charge in [-0.1, -0.05) is 37.7 Å². The molecule has 1 aromatic carbocycles. The van der Waals surface area contributed by atoms with Crippen LogP contribution >= 0.6 is 11.8 Å². The van der Waals surface area contributed by atoms with E-state index >= 15 is 0 Å². The molecule has 2 aliphatic rings. The standard InChI is InChI=1S/C23H25N3O4S/c1-12(27)11-31-22-25-20-19(21(29)26-22)17(13-6-5-7-14(8-13)30-4)18-15(24-20)9-23(2,3)10-16(18)28/h5-8,17H,9-11H2,1-4H3,(H2,24,25,26,29)/t17-/m0/s1. The highest BCUT2D eigenvalue weighted by molar-refractivity contribution is 7.99. The van der Waals surface area contributed by atoms with E-state index in [4.69, 9.17) is 4.74 Å². The molecule has 0 radical (unpaired) electrons. The van der Waals surface area contributed by atoms with Crippen molar-refractivity contribution in [3.8, 4) is 5.75 Å². The predicted molar refractivity (Wildman–Crippen MR) is 120 cm³/mol. The van der Waals surface area contributed by atoms with Crippen LogP contribution in [0.4, 0.5) is 5.82 Å². The molecule has 1 atom stereocenters. The number of H-pyrrole nitrogens is 1. The van der Waals surface area contributed by atoms with Crippen LogP contribution < -0.4 is 15.6 Å². The van der Waals surface area contributed by atoms with Crippen LogP contribution in [0.1, 0.15) is 50.7 Å². The Labute approximate surface area is 184 Å². The second-order valence-corrected chi connectivity index (χ2v) is 9.76. The molecular weight excluding hydrogens is 414 g/mol. The number of ketones is 2. The number of aromatic amines is 1. The molecule has 0 saturated heterocycles. The third-order valence-electron chi connectivity index (χ3n) is 5.54. The molecule has 0 unspecified atom stereocenters. The van der Waals surface area contributed by atoms with Crippen molar-refractivity contribution in [2.75, 3.05) is 18.2 Å². The van der Waals surface area contributed by atoms with Gasteiger partial charge in [0.15, 0.2) is 10.9 Å². The number of aromatic nitrogens is 2. The van der Waals surface area contributed by atoms with Crippen LogP contribution in [-0.2, 0) is 9.59 Å². The maximum atomic E-state index is 13.2. The molecule has 8 heteroatoms. The Kier molecular flexibility index (Phi) is 5.51. The second kappa shape index (κ2) is 8.00. The number of nitrogens with one attached hydrogen (secondary N) is 2. The van der Waals surface area contributed by atoms with E-state index in [1.165, 1.54) is 18.7 Å². The van der Waals surface area contributed by atoms with Crippen molar-refractivity contribution in [3.63, 3.8) is 0 Å². The van der Waals surface area contributed by atoms with E-state index in [1.807, 2.05) is 24.3 Å². The van der Waals surface area contributed by atoms with E-state index < -0.39 is 5.92 Å². The number of carbonyl (C=O) groups is 2. The van der Waals surface area contributed by atoms with Crippen LogP contribution in [-0.4, -0.2) is 34.4 Å². The van der Waals surface area contributed by atoms with Crippen molar-refractivity contribution < 1.29 is 14.3 Å². The molecule has 1 aliphatic carbocycles. The first kappa shape index (κ1) is 21.4. The number of Topliss-reactive ketones (excluding diaryl/α,β-unsaturated/α-hetero) is 2. The van der Waals surface area contributed by atoms with Gasteiger partial charge in [0.25, 0.3) is 5.56 Å². The summed E-state index contributed by atoms with van der Waals surface area (Å²) in [4.78, 5) is 45.2. The van der Waals surface area contributed by atoms with Crippen LogP contribution in [0.2, 0.25) is 0 Å². The first-order valence-electron chi connectivity index (χ1n) is 10.1. The minimum atomic E-state index is -0.534. The SMILES string of the molecule is COc1cccc([C@H]2C3=C(CC(C)(C)CC3=O)Nc3nc(SCC(C)=O)[nH]c(=O)c32)c1. The number of anilines is 1. The number of benzene rings is 1. The Morgan fingerprint density at radius 2 is 2.06 bits per heavy atom. The zero-order chi connectivity index (χ0) is 22.3. The van der Waals surface area contributed by atoms with Gasteiger partial charge in [0.05, 0.1) is 18.4 Å². The van der Waals surface area contributed by atoms with Crippen LogP contribution in [0.15, 0.2) is 45.5 Å². The lowest BCUT2D eigenvalue weighted by atomic mass is 9.69. The number of rotatable bonds is 5. The monoisotopic (exact) mass is 439 g/mol. The summed E-state index contributed by atoms with van der Waals surface area (Å²) in [7, 11) is 1.58. The summed E-state index contributed by atoms with van der Waals surface area (Å²) in [5.41, 5.74) is 2.14. The molecular formula is C23H25N3O4S. The van der Waals surface area contributed by atoms with Crippen LogP contribution in [0.25, 0.3) is 0 Å². The van der Waals surface area contributed by atoms with Gasteiger partial charge in [-0.15, -0.1) is 0 Å². The summed E-state index contributed by atoms with van der Waals surface area (Å²) in [5.74, 6) is 0.811. The lowest BCUT2D eigenvalue weighted by molar-refractivity contribution is -0.118. The summed E-state index contributed by atoms with van der Waals surface area (Å²) >= 11 is 1.19. The largest absolute Gasteiger partial charge is 0.497 e. The van der Waals surface area contributed by atoms with Gasteiger partial charge in [-0.2, -0.15) is 0 Å². The molecule has 0 bridgehead atoms. The fourth-order valence-electron chi connectivity index (χ4n) is 4.29. The molecule has 2 N–H and O–H groups in total. The van der Waals surface area contributed by atoms with Gasteiger partial charge in [0.1, 0.15) is 17.4 Å². The Bertz CT molecular complexity index is 1170. The molecule has 0 fully saturated rings. The number of hydrogen-bond acceptors (Lipinski definition) is 7. The Balaban J connectivity index is 1.90. The van der Waals surface area contributed by atoms with Gasteiger partial charge in [0.2, 0.25) is 0 Å². The molecule has 0 spiro atoms. The van der Waals surface area contributed by atoms with Crippen molar-refractivity contribution in [1.29, 1.82) is 0 Å². The van der Waals surface area contributed by atoms with Gasteiger partial charge >= 0.3 is 0 Å². The number of allylic oxidation sites excluding steroid dienone is 2. The summed E-state index contributed by atoms with van der Waals surface area (Å²) in [5, 5.41) is 3.66. The number of fused-ring (bicyclic) bond motifs is 1. The Morgan fingerprint density at radius 3 is 2.77 bits per heavy atom. The predicted octanol–water partition coefficient (Wildman–Crippen LogP) is 3.66. The number of methoxy groups -OCH3 is 1. The Morgan fingerprint density at radius 1 is 1.29 bits per heavy atom. The topological polar surface area (TPSA) is 101 Å². The normalized spacial score (nSPS) is 19.4.